The number of phenols is 1. The zero-order valence-corrected chi connectivity index (χ0v) is 26.0. The molecule has 46 heavy (non-hydrogen) atoms. The monoisotopic (exact) mass is 645 g/mol. The first kappa shape index (κ1) is 35.3. The van der Waals surface area contributed by atoms with Gasteiger partial charge in [0.25, 0.3) is 0 Å². The molecule has 0 unspecified atom stereocenters. The van der Waals surface area contributed by atoms with E-state index in [2.05, 4.69) is 10.6 Å². The average molecular weight is 646 g/mol. The summed E-state index contributed by atoms with van der Waals surface area (Å²) in [6.07, 6.45) is 4.94. The molecule has 0 spiro atoms. The van der Waals surface area contributed by atoms with Gasteiger partial charge in [0.15, 0.2) is 6.29 Å². The molecule has 6 N–H and O–H groups in total. The van der Waals surface area contributed by atoms with E-state index >= 15 is 0 Å². The summed E-state index contributed by atoms with van der Waals surface area (Å²) < 4.78 is 24.4. The van der Waals surface area contributed by atoms with Crippen molar-refractivity contribution in [2.24, 2.45) is 0 Å². The van der Waals surface area contributed by atoms with Crippen molar-refractivity contribution in [3.63, 3.8) is 0 Å². The third kappa shape index (κ3) is 9.47. The second-order valence-electron chi connectivity index (χ2n) is 11.7. The van der Waals surface area contributed by atoms with Gasteiger partial charge in [0.05, 0.1) is 24.9 Å². The van der Waals surface area contributed by atoms with Gasteiger partial charge in [-0.15, -0.1) is 0 Å². The molecule has 9 atom stereocenters. The highest BCUT2D eigenvalue weighted by atomic mass is 16.7. The third-order valence-corrected chi connectivity index (χ3v) is 8.07. The Kier molecular flexibility index (Phi) is 12.9. The fourth-order valence-corrected chi connectivity index (χ4v) is 5.94. The van der Waals surface area contributed by atoms with Crippen LogP contribution in [0.15, 0.2) is 54.8 Å². The van der Waals surface area contributed by atoms with Crippen molar-refractivity contribution in [3.8, 4) is 5.75 Å². The van der Waals surface area contributed by atoms with Crippen LogP contribution in [0.4, 0.5) is 0 Å². The molecule has 2 bridgehead atoms. The summed E-state index contributed by atoms with van der Waals surface area (Å²) in [6, 6.07) is 3.66. The molecule has 2 fully saturated rings. The number of hydrogen-bond donors (Lipinski definition) is 6. The lowest BCUT2D eigenvalue weighted by Gasteiger charge is -2.45. The van der Waals surface area contributed by atoms with E-state index in [9.17, 15) is 34.8 Å². The summed E-state index contributed by atoms with van der Waals surface area (Å²) in [6.45, 7) is 2.69. The molecule has 2 amide bonds. The maximum Gasteiger partial charge on any atom is 0.342 e. The van der Waals surface area contributed by atoms with Crippen molar-refractivity contribution >= 4 is 17.8 Å². The largest absolute Gasteiger partial charge is 0.507 e. The number of cyclic esters (lactones) is 1. The maximum absolute atomic E-state index is 13.3. The van der Waals surface area contributed by atoms with E-state index in [0.717, 1.165) is 6.42 Å². The summed E-state index contributed by atoms with van der Waals surface area (Å²) in [5.41, 5.74) is 0.579. The maximum atomic E-state index is 13.3. The molecular formula is C33H44N2O11. The number of aliphatic hydroxyl groups is 3. The highest BCUT2D eigenvalue weighted by Gasteiger charge is 2.47. The zero-order chi connectivity index (χ0) is 33.2. The molecule has 13 heteroatoms. The Morgan fingerprint density at radius 3 is 2.59 bits per heavy atom. The van der Waals surface area contributed by atoms with Crippen LogP contribution < -0.4 is 10.6 Å². The summed E-state index contributed by atoms with van der Waals surface area (Å²) in [4.78, 5) is 37.3. The van der Waals surface area contributed by atoms with Crippen molar-refractivity contribution < 1.29 is 53.8 Å². The van der Waals surface area contributed by atoms with E-state index in [1.807, 2.05) is 13.0 Å². The van der Waals surface area contributed by atoms with Crippen molar-refractivity contribution in [1.82, 2.24) is 10.6 Å². The van der Waals surface area contributed by atoms with Gasteiger partial charge in [0, 0.05) is 44.9 Å². The minimum atomic E-state index is -1.45. The van der Waals surface area contributed by atoms with Gasteiger partial charge >= 0.3 is 5.97 Å². The van der Waals surface area contributed by atoms with Crippen molar-refractivity contribution in [2.75, 3.05) is 6.61 Å². The van der Waals surface area contributed by atoms with Crippen LogP contribution in [0.1, 0.15) is 61.9 Å². The topological polar surface area (TPSA) is 193 Å². The fourth-order valence-electron chi connectivity index (χ4n) is 5.94. The molecule has 1 aromatic carbocycles. The predicted molar refractivity (Wildman–Crippen MR) is 164 cm³/mol. The SMILES string of the molecule is CC/C=C\C=C/C(=O)N/C=[13CH]/C[C@H]1C[C@H]2C[C@H](O[C@@H]3O[C@H](CO)[C@@H](O)[C@H](O)[C@H]3NC(C)=O)C[C@H](Cc3cccc(O)c3C(=O)O1)O2. The molecule has 3 aliphatic rings. The smallest absolute Gasteiger partial charge is 0.342 e. The van der Waals surface area contributed by atoms with Crippen LogP contribution in [-0.2, 0) is 35.0 Å². The zero-order valence-electron chi connectivity index (χ0n) is 26.0. The van der Waals surface area contributed by atoms with E-state index in [4.69, 9.17) is 18.9 Å². The standard InChI is InChI=1S/C33H44N2O11/c1-3-4-5-6-12-27(39)34-13-8-10-21-15-23-17-24(45-33-29(35-19(2)37)31(41)30(40)26(18-36)46-33)16-22(43-23)14-20-9-7-11-25(38)28(20)32(42)44-21/h4-9,11-13,21-24,26,29-31,33,36,38,40-41H,3,10,14-18H2,1-2H3,(H,34,39)(H,35,37)/b5-4-,12-6-,13-8+/t21-,22-,23-,24+,26+,29+,30+,31+,33+/m0/s1/i8+1. The number of aromatic hydroxyl groups is 1. The van der Waals surface area contributed by atoms with Crippen LogP contribution in [0, 0.1) is 0 Å². The number of carbonyl (C=O) groups is 3. The Morgan fingerprint density at radius 2 is 1.85 bits per heavy atom. The number of aliphatic hydroxyl groups excluding tert-OH is 3. The Hall–Kier alpha value is -3.59. The van der Waals surface area contributed by atoms with Crippen molar-refractivity contribution in [3.05, 3.63) is 65.9 Å². The molecule has 4 rings (SSSR count). The highest BCUT2D eigenvalue weighted by Crippen LogP contribution is 2.34. The van der Waals surface area contributed by atoms with Crippen LogP contribution in [0.25, 0.3) is 0 Å². The summed E-state index contributed by atoms with van der Waals surface area (Å²) >= 11 is 0. The van der Waals surface area contributed by atoms with Crippen LogP contribution in [-0.4, -0.2) is 99.9 Å². The van der Waals surface area contributed by atoms with Crippen LogP contribution >= 0.6 is 0 Å². The predicted octanol–water partition coefficient (Wildman–Crippen LogP) is 1.28. The normalized spacial score (nSPS) is 31.8. The number of benzene rings is 1. The number of hydrogen-bond acceptors (Lipinski definition) is 11. The average Bonchev–Trinajstić information content (AvgIpc) is 3.00. The number of fused-ring (bicyclic) bond motifs is 3. The molecule has 13 nitrogen and oxygen atoms in total. The summed E-state index contributed by atoms with van der Waals surface area (Å²) in [5, 5.41) is 46.7. The lowest BCUT2D eigenvalue weighted by atomic mass is 9.91. The molecule has 2 saturated heterocycles. The minimum absolute atomic E-state index is 0.0457. The molecule has 1 aromatic rings. The summed E-state index contributed by atoms with van der Waals surface area (Å²) in [7, 11) is 0. The first-order chi connectivity index (χ1) is 22.1. The van der Waals surface area contributed by atoms with Gasteiger partial charge in [-0.25, -0.2) is 4.79 Å². The number of amides is 2. The lowest BCUT2D eigenvalue weighted by Crippen LogP contribution is -2.65. The molecule has 252 valence electrons. The molecule has 0 aliphatic carbocycles. The van der Waals surface area contributed by atoms with Crippen LogP contribution in [0.5, 0.6) is 5.75 Å². The Morgan fingerprint density at radius 1 is 1.07 bits per heavy atom. The third-order valence-electron chi connectivity index (χ3n) is 8.07. The number of carbonyl (C=O) groups excluding carboxylic acids is 3. The van der Waals surface area contributed by atoms with Crippen molar-refractivity contribution in [1.29, 1.82) is 0 Å². The van der Waals surface area contributed by atoms with Gasteiger partial charge in [0.2, 0.25) is 11.8 Å². The number of ether oxygens (including phenoxy) is 4. The van der Waals surface area contributed by atoms with Gasteiger partial charge in [0.1, 0.15) is 41.8 Å². The first-order valence-electron chi connectivity index (χ1n) is 15.6. The number of allylic oxidation sites excluding steroid dienone is 3. The lowest BCUT2D eigenvalue weighted by molar-refractivity contribution is -0.291. The van der Waals surface area contributed by atoms with Crippen molar-refractivity contribution in [2.45, 2.75) is 107 Å². The molecule has 0 radical (unpaired) electrons. The van der Waals surface area contributed by atoms with E-state index in [0.29, 0.717) is 18.4 Å². The fraction of sp³-hybridized carbons (Fsp3) is 0.545. The van der Waals surface area contributed by atoms with Gasteiger partial charge in [-0.05, 0) is 24.5 Å². The molecular weight excluding hydrogens is 601 g/mol. The minimum Gasteiger partial charge on any atom is -0.507 e. The number of esters is 1. The number of rotatable bonds is 10. The Balaban J connectivity index is 1.53. The molecule has 0 aromatic heterocycles. The Labute approximate surface area is 267 Å². The second-order valence-corrected chi connectivity index (χ2v) is 11.7. The Bertz CT molecular complexity index is 1300. The second kappa shape index (κ2) is 16.8. The molecule has 3 aliphatic heterocycles. The van der Waals surface area contributed by atoms with E-state index in [1.165, 1.54) is 25.3 Å². The number of phenolic OH excluding ortho intramolecular Hbond substituents is 1. The highest BCUT2D eigenvalue weighted by molar-refractivity contribution is 5.94. The van der Waals surface area contributed by atoms with Gasteiger partial charge in [-0.1, -0.05) is 43.4 Å². The van der Waals surface area contributed by atoms with E-state index < -0.39 is 73.5 Å². The number of nitrogens with one attached hydrogen (secondary N) is 2. The van der Waals surface area contributed by atoms with E-state index in [-0.39, 0.29) is 36.5 Å². The van der Waals surface area contributed by atoms with Crippen LogP contribution in [0.3, 0.4) is 0 Å². The first-order valence-corrected chi connectivity index (χ1v) is 15.6. The van der Waals surface area contributed by atoms with E-state index in [1.54, 1.807) is 30.4 Å². The summed E-state index contributed by atoms with van der Waals surface area (Å²) in [5.74, 6) is -1.66. The molecule has 3 heterocycles. The molecule has 0 saturated carbocycles. The van der Waals surface area contributed by atoms with Gasteiger partial charge < -0.3 is 50.0 Å². The van der Waals surface area contributed by atoms with Crippen LogP contribution in [0.2, 0.25) is 0 Å². The van der Waals surface area contributed by atoms with Gasteiger partial charge in [-0.2, -0.15) is 0 Å². The quantitative estimate of drug-likeness (QED) is 0.0930. The van der Waals surface area contributed by atoms with Gasteiger partial charge in [-0.3, -0.25) is 9.59 Å².